The Bertz CT molecular complexity index is 893. The maximum Gasteiger partial charge on any atom is 0.223 e. The van der Waals surface area contributed by atoms with Crippen molar-refractivity contribution in [1.29, 1.82) is 0 Å². The summed E-state index contributed by atoms with van der Waals surface area (Å²) in [6, 6.07) is 18.5. The molecule has 140 valence electrons. The summed E-state index contributed by atoms with van der Waals surface area (Å²) in [7, 11) is 0. The van der Waals surface area contributed by atoms with Crippen LogP contribution in [0.3, 0.4) is 0 Å². The van der Waals surface area contributed by atoms with Crippen LogP contribution in [0.4, 0.5) is 0 Å². The Hall–Kier alpha value is -2.33. The molecule has 0 saturated heterocycles. The summed E-state index contributed by atoms with van der Waals surface area (Å²) in [6.45, 7) is 6.08. The molecule has 2 aliphatic rings. The van der Waals surface area contributed by atoms with E-state index < -0.39 is 0 Å². The van der Waals surface area contributed by atoms with Crippen molar-refractivity contribution in [2.45, 2.75) is 38.8 Å². The molecule has 1 fully saturated rings. The third kappa shape index (κ3) is 3.34. The quantitative estimate of drug-likeness (QED) is 0.833. The second-order valence-corrected chi connectivity index (χ2v) is 8.50. The fraction of sp³-hybridized carbons (Fsp3) is 0.364. The molecule has 0 aromatic heterocycles. The predicted molar refractivity (Wildman–Crippen MR) is 109 cm³/mol. The van der Waals surface area contributed by atoms with Crippen LogP contribution in [0.2, 0.25) is 5.02 Å². The molecule has 4 rings (SSSR count). The average molecular weight is 382 g/mol. The van der Waals surface area contributed by atoms with Crippen LogP contribution in [0.5, 0.6) is 0 Å². The van der Waals surface area contributed by atoms with Crippen molar-refractivity contribution in [2.75, 3.05) is 0 Å². The molecular weight excluding hydrogens is 358 g/mol. The zero-order chi connectivity index (χ0) is 19.2. The summed E-state index contributed by atoms with van der Waals surface area (Å²) in [4.78, 5) is 16.4. The van der Waals surface area contributed by atoms with Crippen LogP contribution in [0.1, 0.15) is 43.9 Å². The van der Waals surface area contributed by atoms with Gasteiger partial charge < -0.3 is 5.32 Å². The molecule has 2 unspecified atom stereocenters. The molecule has 0 radical (unpaired) electrons. The minimum atomic E-state index is -0.116. The van der Waals surface area contributed by atoms with Gasteiger partial charge >= 0.3 is 0 Å². The van der Waals surface area contributed by atoms with Crippen molar-refractivity contribution >= 4 is 23.5 Å². The molecule has 1 amide bonds. The number of aliphatic imine (C=N–C) groups is 1. The van der Waals surface area contributed by atoms with E-state index in [9.17, 15) is 4.79 Å². The van der Waals surface area contributed by atoms with Crippen LogP contribution < -0.4 is 10.6 Å². The molecule has 1 saturated carbocycles. The molecule has 1 aliphatic heterocycles. The Morgan fingerprint density at radius 1 is 1.11 bits per heavy atom. The van der Waals surface area contributed by atoms with Gasteiger partial charge in [0.15, 0.2) is 5.96 Å². The van der Waals surface area contributed by atoms with E-state index in [4.69, 9.17) is 16.6 Å². The summed E-state index contributed by atoms with van der Waals surface area (Å²) in [6.07, 6.45) is 0. The Morgan fingerprint density at radius 2 is 1.81 bits per heavy atom. The van der Waals surface area contributed by atoms with Crippen molar-refractivity contribution in [1.82, 2.24) is 10.6 Å². The Labute approximate surface area is 165 Å². The Morgan fingerprint density at radius 3 is 2.48 bits per heavy atom. The van der Waals surface area contributed by atoms with Gasteiger partial charge in [0.1, 0.15) is 0 Å². The first-order chi connectivity index (χ1) is 12.9. The highest BCUT2D eigenvalue weighted by molar-refractivity contribution is 6.30. The van der Waals surface area contributed by atoms with E-state index in [-0.39, 0.29) is 23.4 Å². The highest BCUT2D eigenvalue weighted by Crippen LogP contribution is 2.68. The van der Waals surface area contributed by atoms with E-state index >= 15 is 0 Å². The first-order valence-electron chi connectivity index (χ1n) is 9.30. The monoisotopic (exact) mass is 381 g/mol. The summed E-state index contributed by atoms with van der Waals surface area (Å²) in [5, 5.41) is 7.01. The Kier molecular flexibility index (Phi) is 4.47. The summed E-state index contributed by atoms with van der Waals surface area (Å²) in [5.41, 5.74) is 2.55. The minimum absolute atomic E-state index is 0.0431. The van der Waals surface area contributed by atoms with Gasteiger partial charge in [-0.05, 0) is 40.5 Å². The van der Waals surface area contributed by atoms with Crippen LogP contribution in [0.15, 0.2) is 59.6 Å². The predicted octanol–water partition coefficient (Wildman–Crippen LogP) is 4.28. The van der Waals surface area contributed by atoms with Crippen molar-refractivity contribution in [2.24, 2.45) is 16.3 Å². The Balaban J connectivity index is 1.68. The van der Waals surface area contributed by atoms with Gasteiger partial charge in [0.25, 0.3) is 0 Å². The number of hydrogen-bond acceptors (Lipinski definition) is 3. The fourth-order valence-corrected chi connectivity index (χ4v) is 4.81. The summed E-state index contributed by atoms with van der Waals surface area (Å²) in [5.74, 6) is 1.19. The van der Waals surface area contributed by atoms with Gasteiger partial charge in [0, 0.05) is 11.9 Å². The fourth-order valence-electron chi connectivity index (χ4n) is 4.61. The molecule has 5 heteroatoms. The van der Waals surface area contributed by atoms with Crippen molar-refractivity contribution < 1.29 is 4.79 Å². The second-order valence-electron chi connectivity index (χ2n) is 8.06. The topological polar surface area (TPSA) is 53.5 Å². The van der Waals surface area contributed by atoms with Crippen LogP contribution in [0, 0.1) is 11.3 Å². The van der Waals surface area contributed by atoms with Gasteiger partial charge in [-0.25, -0.2) is 4.99 Å². The second kappa shape index (κ2) is 6.68. The number of carbonyl (C=O) groups excluding carboxylic acids is 1. The number of amides is 1. The van der Waals surface area contributed by atoms with E-state index in [1.54, 1.807) is 0 Å². The summed E-state index contributed by atoms with van der Waals surface area (Å²) >= 11 is 6.23. The number of guanidine groups is 1. The largest absolute Gasteiger partial charge is 0.347 e. The standard InChI is InChI=1S/C22H24ClN3O/c1-13(27)24-21-25-19(14-8-5-4-6-9-14)20(26-21)18-17(22(18,2)3)15-10-7-11-16(23)12-15/h4-12,17-20H,1-3H3,(H2,24,25,26,27)/t17-,18+,19?,20?/m1/s1. The molecule has 4 atom stereocenters. The number of halogens is 1. The molecule has 0 bridgehead atoms. The lowest BCUT2D eigenvalue weighted by atomic mass is 9.93. The SMILES string of the molecule is CC(=O)NC1=NC([C@@H]2[C@@H](c3cccc(Cl)c3)C2(C)C)C(c2ccccc2)N1. The highest BCUT2D eigenvalue weighted by atomic mass is 35.5. The molecule has 0 spiro atoms. The normalized spacial score (nSPS) is 28.2. The first-order valence-corrected chi connectivity index (χ1v) is 9.68. The minimum Gasteiger partial charge on any atom is -0.347 e. The van der Waals surface area contributed by atoms with E-state index in [2.05, 4.69) is 48.7 Å². The van der Waals surface area contributed by atoms with E-state index in [0.29, 0.717) is 17.8 Å². The van der Waals surface area contributed by atoms with Crippen LogP contribution in [-0.2, 0) is 4.79 Å². The van der Waals surface area contributed by atoms with Gasteiger partial charge in [0.05, 0.1) is 12.1 Å². The lowest BCUT2D eigenvalue weighted by molar-refractivity contribution is -0.117. The van der Waals surface area contributed by atoms with Crippen LogP contribution in [0.25, 0.3) is 0 Å². The lowest BCUT2D eigenvalue weighted by Gasteiger charge is -2.20. The molecule has 2 aromatic carbocycles. The maximum atomic E-state index is 11.5. The third-order valence-corrected chi connectivity index (χ3v) is 6.09. The first kappa shape index (κ1) is 18.1. The smallest absolute Gasteiger partial charge is 0.223 e. The number of nitrogens with one attached hydrogen (secondary N) is 2. The molecule has 27 heavy (non-hydrogen) atoms. The summed E-state index contributed by atoms with van der Waals surface area (Å²) < 4.78 is 0. The number of hydrogen-bond donors (Lipinski definition) is 2. The van der Waals surface area contributed by atoms with E-state index in [1.165, 1.54) is 18.1 Å². The zero-order valence-corrected chi connectivity index (χ0v) is 16.5. The molecule has 1 aliphatic carbocycles. The van der Waals surface area contributed by atoms with Crippen molar-refractivity contribution in [3.8, 4) is 0 Å². The van der Waals surface area contributed by atoms with Gasteiger partial charge in [-0.3, -0.25) is 10.1 Å². The number of carbonyl (C=O) groups is 1. The van der Waals surface area contributed by atoms with Gasteiger partial charge in [0.2, 0.25) is 5.91 Å². The van der Waals surface area contributed by atoms with Crippen LogP contribution >= 0.6 is 11.6 Å². The van der Waals surface area contributed by atoms with Crippen LogP contribution in [-0.4, -0.2) is 17.9 Å². The van der Waals surface area contributed by atoms with E-state index in [0.717, 1.165) is 5.02 Å². The maximum absolute atomic E-state index is 11.5. The number of rotatable bonds is 3. The van der Waals surface area contributed by atoms with Gasteiger partial charge in [-0.15, -0.1) is 0 Å². The number of benzene rings is 2. The van der Waals surface area contributed by atoms with Crippen molar-refractivity contribution in [3.05, 3.63) is 70.7 Å². The lowest BCUT2D eigenvalue weighted by Crippen LogP contribution is -2.38. The molecule has 4 nitrogen and oxygen atoms in total. The van der Waals surface area contributed by atoms with Crippen molar-refractivity contribution in [3.63, 3.8) is 0 Å². The average Bonchev–Trinajstić information content (AvgIpc) is 2.97. The van der Waals surface area contributed by atoms with E-state index in [1.807, 2.05) is 30.3 Å². The zero-order valence-electron chi connectivity index (χ0n) is 15.7. The number of nitrogens with zero attached hydrogens (tertiary/aromatic N) is 1. The third-order valence-electron chi connectivity index (χ3n) is 5.85. The van der Waals surface area contributed by atoms with Gasteiger partial charge in [-0.1, -0.05) is 67.9 Å². The molecule has 2 N–H and O–H groups in total. The van der Waals surface area contributed by atoms with Gasteiger partial charge in [-0.2, -0.15) is 0 Å². The molecule has 2 aromatic rings. The highest BCUT2D eigenvalue weighted by Gasteiger charge is 2.63. The molecule has 1 heterocycles. The molecular formula is C22H24ClN3O.